The summed E-state index contributed by atoms with van der Waals surface area (Å²) in [6.07, 6.45) is 0.209. The molecule has 0 aliphatic carbocycles. The Morgan fingerprint density at radius 3 is 2.21 bits per heavy atom. The van der Waals surface area contributed by atoms with E-state index in [0.29, 0.717) is 12.4 Å². The fourth-order valence-corrected chi connectivity index (χ4v) is 2.34. The Morgan fingerprint density at radius 1 is 0.929 bits per heavy atom. The number of amides is 1. The molecule has 1 atom stereocenters. The van der Waals surface area contributed by atoms with Crippen LogP contribution < -0.4 is 10.2 Å². The molecule has 0 heterocycles. The van der Waals surface area contributed by atoms with E-state index in [-0.39, 0.29) is 18.6 Å². The van der Waals surface area contributed by atoms with Crippen molar-refractivity contribution in [3.8, 4) is 5.75 Å². The van der Waals surface area contributed by atoms with E-state index < -0.39 is 23.8 Å². The minimum Gasteiger partial charge on any atom is -0.489 e. The molecule has 28 heavy (non-hydrogen) atoms. The van der Waals surface area contributed by atoms with Gasteiger partial charge in [-0.3, -0.25) is 9.59 Å². The van der Waals surface area contributed by atoms with E-state index >= 15 is 0 Å². The van der Waals surface area contributed by atoms with Crippen LogP contribution in [0.25, 0.3) is 0 Å². The third kappa shape index (κ3) is 6.12. The number of esters is 1. The van der Waals surface area contributed by atoms with Gasteiger partial charge < -0.3 is 14.3 Å². The summed E-state index contributed by atoms with van der Waals surface area (Å²) in [6.45, 7) is 3.87. The van der Waals surface area contributed by atoms with Gasteiger partial charge in [-0.25, -0.2) is 4.79 Å². The maximum absolute atomic E-state index is 12.1. The molecule has 0 saturated carbocycles. The molecule has 7 heteroatoms. The number of carbonyl (C=O) groups is 3. The summed E-state index contributed by atoms with van der Waals surface area (Å²) in [5, 5.41) is 0. The molecule has 0 aliphatic heterocycles. The first-order chi connectivity index (χ1) is 13.5. The maximum atomic E-state index is 12.1. The average Bonchev–Trinajstić information content (AvgIpc) is 2.72. The number of hydrogen-bond acceptors (Lipinski definition) is 6. The van der Waals surface area contributed by atoms with E-state index in [1.807, 2.05) is 30.3 Å². The van der Waals surface area contributed by atoms with Crippen LogP contribution in [0.15, 0.2) is 54.6 Å². The molecular formula is C21H23NO6. The van der Waals surface area contributed by atoms with Crippen LogP contribution in [0, 0.1) is 5.92 Å². The Labute approximate surface area is 163 Å². The van der Waals surface area contributed by atoms with Crippen molar-refractivity contribution in [2.75, 3.05) is 6.61 Å². The fraction of sp³-hybridized carbons (Fsp3) is 0.286. The summed E-state index contributed by atoms with van der Waals surface area (Å²) < 4.78 is 10.5. The van der Waals surface area contributed by atoms with Crippen LogP contribution in [0.2, 0.25) is 0 Å². The molecule has 148 valence electrons. The van der Waals surface area contributed by atoms with Crippen LogP contribution in [-0.2, 0) is 25.8 Å². The number of carbonyl (C=O) groups excluding carboxylic acids is 3. The molecule has 2 aromatic rings. The molecule has 2 rings (SSSR count). The second kappa shape index (κ2) is 10.7. The lowest BCUT2D eigenvalue weighted by molar-refractivity contribution is -0.165. The van der Waals surface area contributed by atoms with Crippen LogP contribution in [0.1, 0.15) is 36.2 Å². The lowest BCUT2D eigenvalue weighted by Gasteiger charge is -2.13. The Bertz CT molecular complexity index is 788. The third-order valence-corrected chi connectivity index (χ3v) is 3.87. The predicted molar refractivity (Wildman–Crippen MR) is 101 cm³/mol. The van der Waals surface area contributed by atoms with Crippen molar-refractivity contribution in [3.05, 3.63) is 65.7 Å². The molecule has 0 saturated heterocycles. The van der Waals surface area contributed by atoms with Gasteiger partial charge in [0.05, 0.1) is 6.61 Å². The van der Waals surface area contributed by atoms with Gasteiger partial charge in [0, 0.05) is 5.56 Å². The lowest BCUT2D eigenvalue weighted by Crippen LogP contribution is -2.34. The Morgan fingerprint density at radius 2 is 1.61 bits per heavy atom. The smallest absolute Gasteiger partial charge is 0.346 e. The molecule has 7 nitrogen and oxygen atoms in total. The number of rotatable bonds is 8. The van der Waals surface area contributed by atoms with Crippen molar-refractivity contribution in [3.63, 3.8) is 0 Å². The SMILES string of the molecule is CCOC(=O)C(CC)C(=O)ONC(=O)c1ccc(OCc2ccccc2)cc1. The van der Waals surface area contributed by atoms with E-state index in [4.69, 9.17) is 14.3 Å². The minimum absolute atomic E-state index is 0.160. The van der Waals surface area contributed by atoms with E-state index in [1.54, 1.807) is 38.1 Å². The normalized spacial score (nSPS) is 11.2. The monoisotopic (exact) mass is 385 g/mol. The zero-order valence-electron chi connectivity index (χ0n) is 15.8. The molecule has 1 N–H and O–H groups in total. The number of benzene rings is 2. The van der Waals surface area contributed by atoms with Crippen molar-refractivity contribution in [2.45, 2.75) is 26.9 Å². The van der Waals surface area contributed by atoms with Gasteiger partial charge >= 0.3 is 11.9 Å². The third-order valence-electron chi connectivity index (χ3n) is 3.87. The summed E-state index contributed by atoms with van der Waals surface area (Å²) in [5.41, 5.74) is 3.36. The summed E-state index contributed by atoms with van der Waals surface area (Å²) in [4.78, 5) is 40.5. The van der Waals surface area contributed by atoms with Gasteiger partial charge in [0.15, 0.2) is 5.92 Å². The van der Waals surface area contributed by atoms with Gasteiger partial charge in [0.2, 0.25) is 0 Å². The van der Waals surface area contributed by atoms with Gasteiger partial charge in [0.1, 0.15) is 12.4 Å². The van der Waals surface area contributed by atoms with Crippen molar-refractivity contribution < 1.29 is 28.7 Å². The summed E-state index contributed by atoms with van der Waals surface area (Å²) >= 11 is 0. The molecule has 0 bridgehead atoms. The van der Waals surface area contributed by atoms with Crippen LogP contribution in [0.4, 0.5) is 0 Å². The second-order valence-corrected chi connectivity index (χ2v) is 5.86. The molecule has 1 unspecified atom stereocenters. The van der Waals surface area contributed by atoms with Crippen LogP contribution in [-0.4, -0.2) is 24.5 Å². The van der Waals surface area contributed by atoms with Crippen molar-refractivity contribution in [2.24, 2.45) is 5.92 Å². The molecule has 0 aromatic heterocycles. The highest BCUT2D eigenvalue weighted by atomic mass is 16.7. The number of ether oxygens (including phenoxy) is 2. The molecule has 2 aromatic carbocycles. The standard InChI is InChI=1S/C21H23NO6/c1-3-18(20(24)26-4-2)21(25)28-22-19(23)16-10-12-17(13-11-16)27-14-15-8-6-5-7-9-15/h5-13,18H,3-4,14H2,1-2H3,(H,22,23). The Balaban J connectivity index is 1.85. The van der Waals surface area contributed by atoms with E-state index in [9.17, 15) is 14.4 Å². The highest BCUT2D eigenvalue weighted by Gasteiger charge is 2.28. The molecule has 0 aliphatic rings. The largest absolute Gasteiger partial charge is 0.489 e. The predicted octanol–water partition coefficient (Wildman–Crippen LogP) is 3.04. The first kappa shape index (κ1) is 21.0. The quantitative estimate of drug-likeness (QED) is 0.427. The average molecular weight is 385 g/mol. The van der Waals surface area contributed by atoms with Gasteiger partial charge in [0.25, 0.3) is 5.91 Å². The second-order valence-electron chi connectivity index (χ2n) is 5.86. The maximum Gasteiger partial charge on any atom is 0.346 e. The van der Waals surface area contributed by atoms with Crippen LogP contribution in [0.3, 0.4) is 0 Å². The molecular weight excluding hydrogens is 362 g/mol. The molecule has 0 radical (unpaired) electrons. The lowest BCUT2D eigenvalue weighted by atomic mass is 10.1. The van der Waals surface area contributed by atoms with Gasteiger partial charge in [-0.05, 0) is 43.2 Å². The topological polar surface area (TPSA) is 90.9 Å². The van der Waals surface area contributed by atoms with E-state index in [1.165, 1.54) is 0 Å². The molecule has 0 spiro atoms. The summed E-state index contributed by atoms with van der Waals surface area (Å²) in [6, 6.07) is 16.1. The first-order valence-electron chi connectivity index (χ1n) is 8.99. The van der Waals surface area contributed by atoms with Crippen LogP contribution >= 0.6 is 0 Å². The number of nitrogens with one attached hydrogen (secondary N) is 1. The number of hydroxylamine groups is 1. The molecule has 0 fully saturated rings. The van der Waals surface area contributed by atoms with E-state index in [0.717, 1.165) is 5.56 Å². The van der Waals surface area contributed by atoms with Crippen molar-refractivity contribution >= 4 is 17.8 Å². The molecule has 1 amide bonds. The zero-order valence-corrected chi connectivity index (χ0v) is 15.8. The van der Waals surface area contributed by atoms with Gasteiger partial charge in [-0.1, -0.05) is 37.3 Å². The summed E-state index contributed by atoms with van der Waals surface area (Å²) in [5.74, 6) is -2.62. The Hall–Kier alpha value is -3.35. The number of hydrogen-bond donors (Lipinski definition) is 1. The fourth-order valence-electron chi connectivity index (χ4n) is 2.34. The first-order valence-corrected chi connectivity index (χ1v) is 8.99. The van der Waals surface area contributed by atoms with Crippen molar-refractivity contribution in [1.29, 1.82) is 0 Å². The van der Waals surface area contributed by atoms with Crippen LogP contribution in [0.5, 0.6) is 5.75 Å². The van der Waals surface area contributed by atoms with E-state index in [2.05, 4.69) is 5.48 Å². The minimum atomic E-state index is -1.07. The highest BCUT2D eigenvalue weighted by molar-refractivity contribution is 5.97. The summed E-state index contributed by atoms with van der Waals surface area (Å²) in [7, 11) is 0. The van der Waals surface area contributed by atoms with Gasteiger partial charge in [-0.2, -0.15) is 5.48 Å². The zero-order chi connectivity index (χ0) is 20.4. The van der Waals surface area contributed by atoms with Crippen molar-refractivity contribution in [1.82, 2.24) is 5.48 Å². The Kier molecular flexibility index (Phi) is 8.02. The van der Waals surface area contributed by atoms with Gasteiger partial charge in [-0.15, -0.1) is 0 Å². The highest BCUT2D eigenvalue weighted by Crippen LogP contribution is 2.14.